The maximum Gasteiger partial charge on any atom is 0.328 e. The molecule has 3 heterocycles. The molecule has 11 heteroatoms. The van der Waals surface area contributed by atoms with Crippen molar-refractivity contribution < 1.29 is 19.0 Å². The van der Waals surface area contributed by atoms with Crippen molar-refractivity contribution in [3.8, 4) is 16.2 Å². The normalized spacial score (nSPS) is 13.1. The van der Waals surface area contributed by atoms with Crippen LogP contribution in [0.4, 0.5) is 15.9 Å². The molecule has 0 saturated heterocycles. The zero-order valence-electron chi connectivity index (χ0n) is 20.8. The molecule has 0 bridgehead atoms. The first kappa shape index (κ1) is 25.3. The minimum Gasteiger partial charge on any atom is -0.487 e. The number of halogens is 2. The van der Waals surface area contributed by atoms with Crippen LogP contribution in [0.25, 0.3) is 20.7 Å². The standard InChI is InChI=1S/C28H23ClFN5O3S/c1-2-22(28(36)37)35-12-19-21(34-35)8-7-18-24-26(31-14-32-27(24)39-25(18)19)33-17-6-9-23(20(29)11-17)38-13-15-4-3-5-16(30)10-15/h3-6,9-12,14,22H,2,7-8,13H2,1H3,(H,36,37)(H,31,32,33). The highest BCUT2D eigenvalue weighted by molar-refractivity contribution is 7.22. The molecule has 0 spiro atoms. The monoisotopic (exact) mass is 563 g/mol. The molecule has 0 fully saturated rings. The summed E-state index contributed by atoms with van der Waals surface area (Å²) in [5, 5.41) is 18.9. The highest BCUT2D eigenvalue weighted by atomic mass is 35.5. The van der Waals surface area contributed by atoms with E-state index in [0.29, 0.717) is 35.0 Å². The van der Waals surface area contributed by atoms with Gasteiger partial charge in [0.25, 0.3) is 0 Å². The Morgan fingerprint density at radius 3 is 2.90 bits per heavy atom. The van der Waals surface area contributed by atoms with Crippen LogP contribution in [-0.4, -0.2) is 30.8 Å². The molecule has 0 saturated carbocycles. The second-order valence-electron chi connectivity index (χ2n) is 9.23. The second kappa shape index (κ2) is 10.3. The van der Waals surface area contributed by atoms with Gasteiger partial charge in [-0.25, -0.2) is 19.2 Å². The van der Waals surface area contributed by atoms with Gasteiger partial charge in [-0.2, -0.15) is 5.10 Å². The van der Waals surface area contributed by atoms with Crippen LogP contribution in [0.3, 0.4) is 0 Å². The van der Waals surface area contributed by atoms with E-state index < -0.39 is 12.0 Å². The number of carbonyl (C=O) groups is 1. The molecule has 0 aliphatic heterocycles. The number of anilines is 2. The summed E-state index contributed by atoms with van der Waals surface area (Å²) in [6, 6.07) is 10.9. The van der Waals surface area contributed by atoms with Gasteiger partial charge in [0.15, 0.2) is 0 Å². The van der Waals surface area contributed by atoms with Crippen molar-refractivity contribution in [1.82, 2.24) is 19.7 Å². The molecule has 39 heavy (non-hydrogen) atoms. The predicted molar refractivity (Wildman–Crippen MR) is 148 cm³/mol. The Labute approximate surface area is 232 Å². The molecule has 1 aliphatic rings. The van der Waals surface area contributed by atoms with Crippen LogP contribution in [0.2, 0.25) is 5.02 Å². The van der Waals surface area contributed by atoms with E-state index in [9.17, 15) is 14.3 Å². The van der Waals surface area contributed by atoms with Gasteiger partial charge in [0.1, 0.15) is 41.2 Å². The van der Waals surface area contributed by atoms with Crippen molar-refractivity contribution in [2.45, 2.75) is 38.8 Å². The molecule has 0 radical (unpaired) electrons. The van der Waals surface area contributed by atoms with Crippen molar-refractivity contribution in [3.05, 3.63) is 82.6 Å². The summed E-state index contributed by atoms with van der Waals surface area (Å²) in [6.07, 6.45) is 5.26. The maximum absolute atomic E-state index is 13.5. The van der Waals surface area contributed by atoms with Gasteiger partial charge in [0.05, 0.1) is 16.1 Å². The van der Waals surface area contributed by atoms with Gasteiger partial charge >= 0.3 is 5.97 Å². The largest absolute Gasteiger partial charge is 0.487 e. The number of thiophene rings is 1. The van der Waals surface area contributed by atoms with E-state index in [2.05, 4.69) is 20.4 Å². The third kappa shape index (κ3) is 4.81. The smallest absolute Gasteiger partial charge is 0.328 e. The molecule has 6 rings (SSSR count). The Kier molecular flexibility index (Phi) is 6.66. The first-order valence-corrected chi connectivity index (χ1v) is 13.6. The molecule has 1 atom stereocenters. The number of aryl methyl sites for hydroxylation is 2. The second-order valence-corrected chi connectivity index (χ2v) is 10.6. The number of nitrogens with one attached hydrogen (secondary N) is 1. The average molecular weight is 564 g/mol. The minimum absolute atomic E-state index is 0.196. The van der Waals surface area contributed by atoms with Crippen molar-refractivity contribution in [1.29, 1.82) is 0 Å². The van der Waals surface area contributed by atoms with Crippen LogP contribution in [-0.2, 0) is 24.2 Å². The number of hydrogen-bond donors (Lipinski definition) is 2. The van der Waals surface area contributed by atoms with Crippen LogP contribution in [0.5, 0.6) is 5.75 Å². The van der Waals surface area contributed by atoms with Crippen molar-refractivity contribution in [3.63, 3.8) is 0 Å². The minimum atomic E-state index is -0.893. The Hall–Kier alpha value is -4.02. The molecule has 2 N–H and O–H groups in total. The summed E-state index contributed by atoms with van der Waals surface area (Å²) < 4.78 is 20.8. The molecule has 5 aromatic rings. The summed E-state index contributed by atoms with van der Waals surface area (Å²) in [5.41, 5.74) is 4.41. The average Bonchev–Trinajstić information content (AvgIpc) is 3.50. The summed E-state index contributed by atoms with van der Waals surface area (Å²) in [7, 11) is 0. The number of carboxylic acids is 1. The van der Waals surface area contributed by atoms with Gasteiger partial charge in [-0.3, -0.25) is 4.68 Å². The number of nitrogens with zero attached hydrogens (tertiary/aromatic N) is 4. The van der Waals surface area contributed by atoms with Crippen LogP contribution in [0.1, 0.15) is 36.2 Å². The SMILES string of the molecule is CCC(C(=O)O)n1cc2c(n1)CCc1c-2sc2ncnc(Nc3ccc(OCc4cccc(F)c4)c(Cl)c3)c12. The molecule has 8 nitrogen and oxygen atoms in total. The number of hydrogen-bond acceptors (Lipinski definition) is 7. The van der Waals surface area contributed by atoms with E-state index in [4.69, 9.17) is 16.3 Å². The number of aliphatic carboxylic acids is 1. The van der Waals surface area contributed by atoms with Gasteiger partial charge in [-0.05, 0) is 60.7 Å². The molecular weight excluding hydrogens is 541 g/mol. The number of carboxylic acid groups (broad SMARTS) is 1. The molecule has 1 aliphatic carbocycles. The molecule has 3 aromatic heterocycles. The van der Waals surface area contributed by atoms with Crippen molar-refractivity contribution in [2.24, 2.45) is 0 Å². The summed E-state index contributed by atoms with van der Waals surface area (Å²) in [5.74, 6) is -0.0578. The molecule has 2 aromatic carbocycles. The van der Waals surface area contributed by atoms with E-state index in [1.54, 1.807) is 40.3 Å². The lowest BCUT2D eigenvalue weighted by molar-refractivity contribution is -0.141. The fourth-order valence-corrected chi connectivity index (χ4v) is 6.30. The van der Waals surface area contributed by atoms with E-state index in [1.807, 2.05) is 19.2 Å². The summed E-state index contributed by atoms with van der Waals surface area (Å²) in [4.78, 5) is 22.6. The first-order valence-electron chi connectivity index (χ1n) is 12.4. The predicted octanol–water partition coefficient (Wildman–Crippen LogP) is 6.80. The van der Waals surface area contributed by atoms with Crippen LogP contribution in [0, 0.1) is 5.82 Å². The van der Waals surface area contributed by atoms with Gasteiger partial charge in [-0.15, -0.1) is 11.3 Å². The highest BCUT2D eigenvalue weighted by Gasteiger charge is 2.28. The molecular formula is C28H23ClFN5O3S. The lowest BCUT2D eigenvalue weighted by atomic mass is 9.95. The third-order valence-corrected chi connectivity index (χ3v) is 8.19. The van der Waals surface area contributed by atoms with E-state index in [0.717, 1.165) is 44.0 Å². The highest BCUT2D eigenvalue weighted by Crippen LogP contribution is 2.45. The maximum atomic E-state index is 13.5. The summed E-state index contributed by atoms with van der Waals surface area (Å²) >= 11 is 8.06. The van der Waals surface area contributed by atoms with Gasteiger partial charge in [0.2, 0.25) is 0 Å². The van der Waals surface area contributed by atoms with Gasteiger partial charge < -0.3 is 15.2 Å². The number of benzene rings is 2. The van der Waals surface area contributed by atoms with Gasteiger partial charge in [-0.1, -0.05) is 30.7 Å². The Bertz CT molecular complexity index is 1720. The fraction of sp³-hybridized carbons (Fsp3) is 0.214. The quantitative estimate of drug-likeness (QED) is 0.214. The van der Waals surface area contributed by atoms with E-state index in [-0.39, 0.29) is 12.4 Å². The third-order valence-electron chi connectivity index (χ3n) is 6.72. The first-order chi connectivity index (χ1) is 18.9. The van der Waals surface area contributed by atoms with Crippen molar-refractivity contribution in [2.75, 3.05) is 5.32 Å². The number of rotatable bonds is 8. The Balaban J connectivity index is 1.28. The van der Waals surface area contributed by atoms with Gasteiger partial charge in [0, 0.05) is 22.3 Å². The van der Waals surface area contributed by atoms with Crippen molar-refractivity contribution >= 4 is 50.6 Å². The number of aromatic nitrogens is 4. The Morgan fingerprint density at radius 1 is 1.26 bits per heavy atom. The van der Waals surface area contributed by atoms with Crippen LogP contribution >= 0.6 is 22.9 Å². The summed E-state index contributed by atoms with van der Waals surface area (Å²) in [6.45, 7) is 2.04. The zero-order valence-corrected chi connectivity index (χ0v) is 22.4. The zero-order chi connectivity index (χ0) is 27.1. The topological polar surface area (TPSA) is 102 Å². The Morgan fingerprint density at radius 2 is 2.13 bits per heavy atom. The van der Waals surface area contributed by atoms with E-state index >= 15 is 0 Å². The molecule has 0 amide bonds. The van der Waals surface area contributed by atoms with Crippen LogP contribution in [0.15, 0.2) is 55.0 Å². The molecule has 1 unspecified atom stereocenters. The number of fused-ring (bicyclic) bond motifs is 5. The fourth-order valence-electron chi connectivity index (χ4n) is 4.84. The van der Waals surface area contributed by atoms with E-state index in [1.165, 1.54) is 18.5 Å². The van der Waals surface area contributed by atoms with Crippen LogP contribution < -0.4 is 10.1 Å². The number of ether oxygens (including phenoxy) is 1. The molecule has 198 valence electrons. The lowest BCUT2D eigenvalue weighted by Crippen LogP contribution is -2.18. The lowest BCUT2D eigenvalue weighted by Gasteiger charge is -2.13.